The first-order valence-electron chi connectivity index (χ1n) is 11.3. The number of aliphatic hydroxyl groups is 1. The zero-order valence-corrected chi connectivity index (χ0v) is 21.1. The number of rotatable bonds is 10. The van der Waals surface area contributed by atoms with Crippen molar-refractivity contribution in [3.63, 3.8) is 0 Å². The molecule has 2 aromatic heterocycles. The third kappa shape index (κ3) is 5.07. The lowest BCUT2D eigenvalue weighted by Crippen LogP contribution is -2.31. The number of hydrogen-bond donors (Lipinski definition) is 1. The number of carbonyl (C=O) groups is 2. The predicted molar refractivity (Wildman–Crippen MR) is 141 cm³/mol. The summed E-state index contributed by atoms with van der Waals surface area (Å²) in [7, 11) is 0. The standard InChI is InChI=1S/C27H21N3O5S2/c1-2-14-34-19-12-10-18(11-13-19)22-21(23(31)20-9-6-15-35-20)24(32)25(33)30(22)26-28-29-27(37-26)36-16-17-7-4-3-5-8-17/h2-13,15,22,32H,1,14,16H2. The molecule has 37 heavy (non-hydrogen) atoms. The van der Waals surface area contributed by atoms with Crippen molar-refractivity contribution in [3.05, 3.63) is 114 Å². The number of hydrogen-bond acceptors (Lipinski definition) is 9. The fourth-order valence-electron chi connectivity index (χ4n) is 3.87. The highest BCUT2D eigenvalue weighted by Gasteiger charge is 2.46. The molecule has 0 bridgehead atoms. The predicted octanol–water partition coefficient (Wildman–Crippen LogP) is 5.77. The number of aromatic nitrogens is 2. The third-order valence-corrected chi connectivity index (χ3v) is 7.70. The van der Waals surface area contributed by atoms with E-state index < -0.39 is 23.5 Å². The molecular weight excluding hydrogens is 510 g/mol. The van der Waals surface area contributed by atoms with Gasteiger partial charge >= 0.3 is 0 Å². The van der Waals surface area contributed by atoms with E-state index in [-0.39, 0.29) is 16.5 Å². The Labute approximate surface area is 220 Å². The van der Waals surface area contributed by atoms with Crippen LogP contribution in [0.3, 0.4) is 0 Å². The molecule has 1 aliphatic rings. The van der Waals surface area contributed by atoms with Gasteiger partial charge in [0, 0.05) is 5.75 Å². The molecular formula is C27H21N3O5S2. The largest absolute Gasteiger partial charge is 0.503 e. The average Bonchev–Trinajstić information content (AvgIpc) is 3.68. The Morgan fingerprint density at radius 1 is 1.14 bits per heavy atom. The van der Waals surface area contributed by atoms with Gasteiger partial charge in [-0.1, -0.05) is 78.2 Å². The minimum Gasteiger partial charge on any atom is -0.503 e. The number of thioether (sulfide) groups is 1. The summed E-state index contributed by atoms with van der Waals surface area (Å²) in [5, 5.41) is 19.6. The van der Waals surface area contributed by atoms with Crippen LogP contribution in [0.15, 0.2) is 106 Å². The van der Waals surface area contributed by atoms with Gasteiger partial charge in [-0.25, -0.2) is 0 Å². The Morgan fingerprint density at radius 3 is 2.62 bits per heavy atom. The van der Waals surface area contributed by atoms with Gasteiger partial charge in [0.1, 0.15) is 12.4 Å². The second kappa shape index (κ2) is 10.9. The number of anilines is 1. The molecule has 0 saturated carbocycles. The molecule has 10 heteroatoms. The van der Waals surface area contributed by atoms with E-state index in [0.717, 1.165) is 5.56 Å². The Hall–Kier alpha value is -4.15. The molecule has 1 unspecified atom stereocenters. The zero-order valence-electron chi connectivity index (χ0n) is 19.4. The van der Waals surface area contributed by atoms with Crippen molar-refractivity contribution in [3.8, 4) is 5.75 Å². The van der Waals surface area contributed by atoms with Crippen molar-refractivity contribution < 1.29 is 23.8 Å². The van der Waals surface area contributed by atoms with Crippen LogP contribution in [0.25, 0.3) is 0 Å². The fourth-order valence-corrected chi connectivity index (χ4v) is 5.69. The first-order chi connectivity index (χ1) is 18.1. The number of ether oxygens (including phenoxy) is 1. The molecule has 5 rings (SSSR count). The molecule has 2 aromatic carbocycles. The first-order valence-corrected chi connectivity index (χ1v) is 13.1. The molecule has 1 amide bonds. The SMILES string of the molecule is C=CCOc1ccc(C2C(C(=O)c3ccco3)=C(O)C(=O)N2c2nnc(SCc3ccccc3)s2)cc1. The smallest absolute Gasteiger partial charge is 0.296 e. The molecule has 0 saturated heterocycles. The number of ketones is 1. The molecule has 0 fully saturated rings. The van der Waals surface area contributed by atoms with Crippen molar-refractivity contribution in [2.45, 2.75) is 16.1 Å². The maximum atomic E-state index is 13.3. The van der Waals surface area contributed by atoms with Crippen molar-refractivity contribution in [2.75, 3.05) is 11.5 Å². The monoisotopic (exact) mass is 531 g/mol. The highest BCUT2D eigenvalue weighted by atomic mass is 32.2. The Morgan fingerprint density at radius 2 is 1.92 bits per heavy atom. The van der Waals surface area contributed by atoms with Crippen LogP contribution in [0.5, 0.6) is 5.75 Å². The number of benzene rings is 2. The van der Waals surface area contributed by atoms with E-state index in [0.29, 0.717) is 28.0 Å². The van der Waals surface area contributed by atoms with Crippen molar-refractivity contribution in [1.29, 1.82) is 0 Å². The van der Waals surface area contributed by atoms with Crippen molar-refractivity contribution in [2.24, 2.45) is 0 Å². The lowest BCUT2D eigenvalue weighted by molar-refractivity contribution is -0.117. The van der Waals surface area contributed by atoms with Crippen molar-refractivity contribution >= 4 is 39.9 Å². The number of nitrogens with zero attached hydrogens (tertiary/aromatic N) is 3. The van der Waals surface area contributed by atoms with E-state index in [2.05, 4.69) is 16.8 Å². The summed E-state index contributed by atoms with van der Waals surface area (Å²) < 4.78 is 11.5. The van der Waals surface area contributed by atoms with E-state index in [1.807, 2.05) is 30.3 Å². The second-order valence-electron chi connectivity index (χ2n) is 7.94. The quantitative estimate of drug-likeness (QED) is 0.119. The molecule has 186 valence electrons. The highest BCUT2D eigenvalue weighted by molar-refractivity contribution is 8.00. The molecule has 0 radical (unpaired) electrons. The van der Waals surface area contributed by atoms with Crippen LogP contribution in [0.4, 0.5) is 5.13 Å². The van der Waals surface area contributed by atoms with Crippen LogP contribution in [0.1, 0.15) is 27.7 Å². The van der Waals surface area contributed by atoms with Gasteiger partial charge in [-0.3, -0.25) is 14.5 Å². The van der Waals surface area contributed by atoms with Gasteiger partial charge in [-0.15, -0.1) is 10.2 Å². The summed E-state index contributed by atoms with van der Waals surface area (Å²) in [6, 6.07) is 19.0. The van der Waals surface area contributed by atoms with Crippen LogP contribution >= 0.6 is 23.1 Å². The van der Waals surface area contributed by atoms with Gasteiger partial charge in [0.2, 0.25) is 10.9 Å². The molecule has 3 heterocycles. The molecule has 1 N–H and O–H groups in total. The molecule has 1 atom stereocenters. The molecule has 4 aromatic rings. The minimum absolute atomic E-state index is 0.0171. The lowest BCUT2D eigenvalue weighted by Gasteiger charge is -2.24. The fraction of sp³-hybridized carbons (Fsp3) is 0.111. The van der Waals surface area contributed by atoms with Crippen LogP contribution in [0.2, 0.25) is 0 Å². The molecule has 8 nitrogen and oxygen atoms in total. The summed E-state index contributed by atoms with van der Waals surface area (Å²) in [5.41, 5.74) is 1.63. The normalized spacial score (nSPS) is 15.3. The Bertz CT molecular complexity index is 1450. The van der Waals surface area contributed by atoms with Gasteiger partial charge in [-0.05, 0) is 35.4 Å². The topological polar surface area (TPSA) is 106 Å². The number of furan rings is 1. The van der Waals surface area contributed by atoms with E-state index in [9.17, 15) is 14.7 Å². The van der Waals surface area contributed by atoms with Gasteiger partial charge in [0.15, 0.2) is 15.9 Å². The summed E-state index contributed by atoms with van der Waals surface area (Å²) in [6.45, 7) is 3.98. The third-order valence-electron chi connectivity index (χ3n) is 5.57. The van der Waals surface area contributed by atoms with Gasteiger partial charge < -0.3 is 14.3 Å². The van der Waals surface area contributed by atoms with Gasteiger partial charge in [0.25, 0.3) is 5.91 Å². The van der Waals surface area contributed by atoms with Crippen LogP contribution < -0.4 is 9.64 Å². The number of carbonyl (C=O) groups excluding carboxylic acids is 2. The summed E-state index contributed by atoms with van der Waals surface area (Å²) in [5.74, 6) is -0.663. The van der Waals surface area contributed by atoms with Crippen LogP contribution in [-0.2, 0) is 10.5 Å². The summed E-state index contributed by atoms with van der Waals surface area (Å²) >= 11 is 2.71. The van der Waals surface area contributed by atoms with Crippen LogP contribution in [-0.4, -0.2) is 33.6 Å². The Balaban J connectivity index is 1.48. The van der Waals surface area contributed by atoms with E-state index in [1.165, 1.54) is 40.3 Å². The highest BCUT2D eigenvalue weighted by Crippen LogP contribution is 2.44. The maximum absolute atomic E-state index is 13.3. The number of aliphatic hydroxyl groups excluding tert-OH is 1. The van der Waals surface area contributed by atoms with Gasteiger partial charge in [0.05, 0.1) is 17.9 Å². The molecule has 0 aliphatic carbocycles. The molecule has 0 spiro atoms. The summed E-state index contributed by atoms with van der Waals surface area (Å²) in [6.07, 6.45) is 3.00. The van der Waals surface area contributed by atoms with Gasteiger partial charge in [-0.2, -0.15) is 0 Å². The summed E-state index contributed by atoms with van der Waals surface area (Å²) in [4.78, 5) is 27.9. The average molecular weight is 532 g/mol. The molecule has 1 aliphatic heterocycles. The number of amides is 1. The zero-order chi connectivity index (χ0) is 25.8. The van der Waals surface area contributed by atoms with E-state index >= 15 is 0 Å². The van der Waals surface area contributed by atoms with Crippen molar-refractivity contribution in [1.82, 2.24) is 10.2 Å². The lowest BCUT2D eigenvalue weighted by atomic mass is 9.95. The Kier molecular flexibility index (Phi) is 7.20. The van der Waals surface area contributed by atoms with Crippen LogP contribution in [0, 0.1) is 0 Å². The first kappa shape index (κ1) is 24.5. The van der Waals surface area contributed by atoms with E-state index in [4.69, 9.17) is 9.15 Å². The minimum atomic E-state index is -0.932. The number of Topliss-reactive ketones (excluding diaryl/α,β-unsaturated/α-hetero) is 1. The maximum Gasteiger partial charge on any atom is 0.296 e. The second-order valence-corrected chi connectivity index (χ2v) is 10.1. The van der Waals surface area contributed by atoms with E-state index in [1.54, 1.807) is 36.4 Å².